The zero-order chi connectivity index (χ0) is 30.7. The Labute approximate surface area is 268 Å². The number of thioether (sulfide) groups is 1. The van der Waals surface area contributed by atoms with Crippen LogP contribution in [0.3, 0.4) is 0 Å². The number of hydrogen-bond donors (Lipinski definition) is 3. The number of aromatic nitrogens is 8. The summed E-state index contributed by atoms with van der Waals surface area (Å²) >= 11 is 1.69. The molecule has 1 unspecified atom stereocenters. The third kappa shape index (κ3) is 5.10. The van der Waals surface area contributed by atoms with Crippen molar-refractivity contribution in [2.75, 3.05) is 0 Å². The molecule has 10 heteroatoms. The van der Waals surface area contributed by atoms with E-state index in [-0.39, 0.29) is 5.25 Å². The van der Waals surface area contributed by atoms with Gasteiger partial charge in [-0.2, -0.15) is 5.10 Å². The van der Waals surface area contributed by atoms with E-state index in [2.05, 4.69) is 37.7 Å². The molecular weight excluding hydrogens is 593 g/mol. The highest BCUT2D eigenvalue weighted by molar-refractivity contribution is 8.02. The molecule has 7 aromatic rings. The molecule has 0 spiro atoms. The maximum absolute atomic E-state index is 6.56. The molecule has 3 N–H and O–H groups in total. The molecule has 1 aliphatic rings. The first-order valence-electron chi connectivity index (χ1n) is 14.7. The van der Waals surface area contributed by atoms with Crippen LogP contribution in [0.5, 0.6) is 11.5 Å². The molecule has 0 fully saturated rings. The van der Waals surface area contributed by atoms with Crippen LogP contribution in [0, 0.1) is 0 Å². The Hall–Kier alpha value is -6.00. The fraction of sp³-hybridized carbons (Fsp3) is 0.0278. The molecule has 46 heavy (non-hydrogen) atoms. The van der Waals surface area contributed by atoms with Gasteiger partial charge in [0.15, 0.2) is 0 Å². The maximum Gasteiger partial charge on any atom is 0.140 e. The summed E-state index contributed by atoms with van der Waals surface area (Å²) in [7, 11) is 0. The Morgan fingerprint density at radius 1 is 0.652 bits per heavy atom. The van der Waals surface area contributed by atoms with Gasteiger partial charge in [-0.15, -0.1) is 11.8 Å². The molecule has 1 aromatic carbocycles. The van der Waals surface area contributed by atoms with Crippen LogP contribution in [0.15, 0.2) is 134 Å². The molecule has 0 aliphatic carbocycles. The zero-order valence-electron chi connectivity index (χ0n) is 24.3. The van der Waals surface area contributed by atoms with E-state index in [1.165, 1.54) is 0 Å². The number of benzene rings is 1. The minimum atomic E-state index is -0.0849. The lowest BCUT2D eigenvalue weighted by Gasteiger charge is -2.24. The quantitative estimate of drug-likeness (QED) is 0.156. The maximum atomic E-state index is 6.56. The van der Waals surface area contributed by atoms with Crippen molar-refractivity contribution in [1.29, 1.82) is 0 Å². The molecule has 0 amide bonds. The average molecular weight is 619 g/mol. The molecule has 222 valence electrons. The largest absolute Gasteiger partial charge is 0.457 e. The first-order chi connectivity index (χ1) is 22.8. The first-order valence-corrected chi connectivity index (χ1v) is 15.6. The van der Waals surface area contributed by atoms with E-state index in [0.717, 1.165) is 45.1 Å². The second-order valence-corrected chi connectivity index (χ2v) is 11.4. The van der Waals surface area contributed by atoms with E-state index in [1.54, 1.807) is 36.5 Å². The summed E-state index contributed by atoms with van der Waals surface area (Å²) in [6.45, 7) is 0. The van der Waals surface area contributed by atoms with Crippen LogP contribution in [-0.2, 0) is 0 Å². The second kappa shape index (κ2) is 12.2. The van der Waals surface area contributed by atoms with Crippen molar-refractivity contribution in [3.05, 3.63) is 139 Å². The van der Waals surface area contributed by atoms with Crippen LogP contribution in [0.4, 0.5) is 0 Å². The van der Waals surface area contributed by atoms with E-state index in [9.17, 15) is 0 Å². The first kappa shape index (κ1) is 27.5. The summed E-state index contributed by atoms with van der Waals surface area (Å²) in [4.78, 5) is 26.7. The van der Waals surface area contributed by atoms with Crippen LogP contribution >= 0.6 is 11.8 Å². The summed E-state index contributed by atoms with van der Waals surface area (Å²) in [5, 5.41) is 9.69. The van der Waals surface area contributed by atoms with Gasteiger partial charge < -0.3 is 14.7 Å². The predicted molar refractivity (Wildman–Crippen MR) is 181 cm³/mol. The number of ether oxygens (including phenoxy) is 1. The monoisotopic (exact) mass is 618 g/mol. The van der Waals surface area contributed by atoms with Crippen molar-refractivity contribution in [3.8, 4) is 68.2 Å². The van der Waals surface area contributed by atoms with Crippen molar-refractivity contribution in [1.82, 2.24) is 40.1 Å². The van der Waals surface area contributed by atoms with Crippen molar-refractivity contribution < 1.29 is 4.74 Å². The Bertz CT molecular complexity index is 2140. The highest BCUT2D eigenvalue weighted by atomic mass is 32.2. The van der Waals surface area contributed by atoms with Crippen molar-refractivity contribution >= 4 is 11.8 Å². The Morgan fingerprint density at radius 3 is 2.33 bits per heavy atom. The van der Waals surface area contributed by atoms with Gasteiger partial charge >= 0.3 is 0 Å². The molecule has 7 heterocycles. The standard InChI is InChI=1S/C36H26N8OS/c1-2-9-23(10-3-1)45-27-15-18-39-34(31(27)28-13-5-7-22-46-28)35-30(24-11-4-6-16-37-24)29(25-14-19-42-44-25)32(36-40-20-21-41-36)33(43-35)26-12-8-17-38-26/h1-22,28,38H,(H,40,41)(H,42,44). The van der Waals surface area contributed by atoms with Gasteiger partial charge in [0.25, 0.3) is 0 Å². The van der Waals surface area contributed by atoms with Gasteiger partial charge in [0.2, 0.25) is 0 Å². The molecule has 0 bridgehead atoms. The lowest BCUT2D eigenvalue weighted by atomic mass is 9.89. The van der Waals surface area contributed by atoms with Crippen LogP contribution in [0.2, 0.25) is 0 Å². The molecule has 0 radical (unpaired) electrons. The van der Waals surface area contributed by atoms with Crippen LogP contribution in [-0.4, -0.2) is 40.1 Å². The molecular formula is C36H26N8OS. The Kier molecular flexibility index (Phi) is 7.29. The van der Waals surface area contributed by atoms with E-state index in [1.807, 2.05) is 91.3 Å². The summed E-state index contributed by atoms with van der Waals surface area (Å²) < 4.78 is 6.56. The van der Waals surface area contributed by atoms with E-state index >= 15 is 0 Å². The Balaban J connectivity index is 1.50. The van der Waals surface area contributed by atoms with Gasteiger partial charge in [0.1, 0.15) is 23.0 Å². The normalized spacial score (nSPS) is 14.0. The number of pyridine rings is 3. The average Bonchev–Trinajstić information content (AvgIpc) is 3.94. The fourth-order valence-corrected chi connectivity index (χ4v) is 6.55. The van der Waals surface area contributed by atoms with Crippen molar-refractivity contribution in [3.63, 3.8) is 0 Å². The summed E-state index contributed by atoms with van der Waals surface area (Å²) in [5.41, 5.74) is 7.58. The molecule has 1 aliphatic heterocycles. The molecule has 1 atom stereocenters. The third-order valence-electron chi connectivity index (χ3n) is 7.59. The fourth-order valence-electron chi connectivity index (χ4n) is 5.65. The predicted octanol–water partition coefficient (Wildman–Crippen LogP) is 8.63. The smallest absolute Gasteiger partial charge is 0.140 e. The van der Waals surface area contributed by atoms with Gasteiger partial charge in [-0.05, 0) is 53.9 Å². The number of allylic oxidation sites excluding steroid dienone is 2. The van der Waals surface area contributed by atoms with E-state index < -0.39 is 0 Å². The number of aromatic amines is 3. The van der Waals surface area contributed by atoms with Crippen molar-refractivity contribution in [2.24, 2.45) is 0 Å². The van der Waals surface area contributed by atoms with Gasteiger partial charge in [-0.3, -0.25) is 15.1 Å². The third-order valence-corrected chi connectivity index (χ3v) is 8.59. The van der Waals surface area contributed by atoms with Crippen molar-refractivity contribution in [2.45, 2.75) is 5.25 Å². The lowest BCUT2D eigenvalue weighted by Crippen LogP contribution is -2.07. The second-order valence-electron chi connectivity index (χ2n) is 10.4. The number of nitrogens with one attached hydrogen (secondary N) is 3. The zero-order valence-corrected chi connectivity index (χ0v) is 25.1. The van der Waals surface area contributed by atoms with Crippen LogP contribution < -0.4 is 4.74 Å². The number of rotatable bonds is 8. The summed E-state index contributed by atoms with van der Waals surface area (Å²) in [6.07, 6.45) is 17.0. The number of imidazole rings is 1. The highest BCUT2D eigenvalue weighted by Crippen LogP contribution is 2.50. The van der Waals surface area contributed by atoms with Crippen LogP contribution in [0.25, 0.3) is 56.7 Å². The van der Waals surface area contributed by atoms with E-state index in [4.69, 9.17) is 24.7 Å². The Morgan fingerprint density at radius 2 is 1.59 bits per heavy atom. The van der Waals surface area contributed by atoms with Gasteiger partial charge in [-0.25, -0.2) is 9.97 Å². The van der Waals surface area contributed by atoms with Gasteiger partial charge in [0, 0.05) is 53.9 Å². The SMILES string of the molecule is C1=CSC(c2c(Oc3ccccc3)ccnc2-c2nc(-c3ccc[nH]3)c(-c3ncc[nH]3)c(-c3cc[nH]n3)c2-c2ccccn2)C=C1. The molecule has 9 nitrogen and oxygen atoms in total. The van der Waals surface area contributed by atoms with Crippen LogP contribution in [0.1, 0.15) is 10.8 Å². The topological polar surface area (TPSA) is 121 Å². The molecule has 0 saturated heterocycles. The lowest BCUT2D eigenvalue weighted by molar-refractivity contribution is 0.477. The number of para-hydroxylation sites is 1. The van der Waals surface area contributed by atoms with Gasteiger partial charge in [-0.1, -0.05) is 42.5 Å². The highest BCUT2D eigenvalue weighted by Gasteiger charge is 2.31. The number of hydrogen-bond acceptors (Lipinski definition) is 7. The molecule has 6 aromatic heterocycles. The summed E-state index contributed by atoms with van der Waals surface area (Å²) in [6, 6.07) is 23.5. The van der Waals surface area contributed by atoms with Gasteiger partial charge in [0.05, 0.1) is 39.3 Å². The minimum absolute atomic E-state index is 0.0849. The number of nitrogens with zero attached hydrogens (tertiary/aromatic N) is 5. The minimum Gasteiger partial charge on any atom is -0.457 e. The van der Waals surface area contributed by atoms with E-state index in [0.29, 0.717) is 28.7 Å². The summed E-state index contributed by atoms with van der Waals surface area (Å²) in [5.74, 6) is 2.08. The number of H-pyrrole nitrogens is 3. The molecule has 8 rings (SSSR count). The molecule has 0 saturated carbocycles.